The Morgan fingerprint density at radius 3 is 1.14 bits per heavy atom. The van der Waals surface area contributed by atoms with Crippen LogP contribution in [0.15, 0.2) is 72.8 Å². The zero-order valence-corrected chi connectivity index (χ0v) is 17.5. The van der Waals surface area contributed by atoms with Gasteiger partial charge in [-0.15, -0.1) is 0 Å². The summed E-state index contributed by atoms with van der Waals surface area (Å²) in [5.41, 5.74) is 14.5. The summed E-state index contributed by atoms with van der Waals surface area (Å²) in [4.78, 5) is 4.84. The fourth-order valence-electron chi connectivity index (χ4n) is 7.31. The zero-order valence-electron chi connectivity index (χ0n) is 17.5. The Morgan fingerprint density at radius 2 is 0.828 bits per heavy atom. The molecule has 0 aromatic heterocycles. The van der Waals surface area contributed by atoms with Crippen molar-refractivity contribution in [3.63, 3.8) is 0 Å². The Labute approximate surface area is 172 Å². The number of rotatable bonds is 2. The minimum absolute atomic E-state index is 0.152. The summed E-state index contributed by atoms with van der Waals surface area (Å²) in [6.45, 7) is 0. The van der Waals surface area contributed by atoms with Crippen LogP contribution >= 0.6 is 0 Å². The third-order valence-electron chi connectivity index (χ3n) is 8.02. The topological polar surface area (TPSA) is 32.5 Å². The Hall–Kier alpha value is -2.46. The first-order chi connectivity index (χ1) is 13.9. The molecule has 29 heavy (non-hydrogen) atoms. The Bertz CT molecular complexity index is 1080. The molecular weight excluding hydrogens is 354 g/mol. The van der Waals surface area contributed by atoms with E-state index in [2.05, 4.69) is 111 Å². The molecule has 0 aliphatic heterocycles. The van der Waals surface area contributed by atoms with Gasteiger partial charge in [0.05, 0.1) is 16.6 Å². The highest BCUT2D eigenvalue weighted by atomic mass is 15.3. The summed E-state index contributed by atoms with van der Waals surface area (Å²) in [6, 6.07) is 26.7. The van der Waals surface area contributed by atoms with Gasteiger partial charge in [-0.05, 0) is 61.6 Å². The monoisotopic (exact) mass is 381 g/mol. The lowest BCUT2D eigenvalue weighted by Gasteiger charge is -2.46. The predicted molar refractivity (Wildman–Crippen MR) is 117 cm³/mol. The molecule has 3 nitrogen and oxygen atoms in total. The molecule has 0 fully saturated rings. The van der Waals surface area contributed by atoms with Crippen LogP contribution in [0.5, 0.6) is 0 Å². The van der Waals surface area contributed by atoms with E-state index in [0.29, 0.717) is 0 Å². The van der Waals surface area contributed by atoms with Gasteiger partial charge in [-0.1, -0.05) is 72.8 Å². The second-order valence-corrected chi connectivity index (χ2v) is 9.26. The number of nitrogens with two attached hydrogens (primary N) is 1. The van der Waals surface area contributed by atoms with E-state index < -0.39 is 5.54 Å². The summed E-state index contributed by atoms with van der Waals surface area (Å²) in [7, 11) is 8.87. The number of fused-ring (bicyclic) bond motifs is 9. The lowest BCUT2D eigenvalue weighted by atomic mass is 9.72. The lowest BCUT2D eigenvalue weighted by molar-refractivity contribution is 0.0295. The third kappa shape index (κ3) is 1.52. The van der Waals surface area contributed by atoms with Gasteiger partial charge in [0.2, 0.25) is 0 Å². The maximum Gasteiger partial charge on any atom is 0.0795 e. The van der Waals surface area contributed by atoms with E-state index in [9.17, 15) is 0 Å². The van der Waals surface area contributed by atoms with E-state index >= 15 is 0 Å². The van der Waals surface area contributed by atoms with Crippen LogP contribution in [0.3, 0.4) is 0 Å². The predicted octanol–water partition coefficient (Wildman–Crippen LogP) is 3.46. The van der Waals surface area contributed by atoms with Gasteiger partial charge in [0.25, 0.3) is 0 Å². The van der Waals surface area contributed by atoms with E-state index in [4.69, 9.17) is 5.73 Å². The summed E-state index contributed by atoms with van der Waals surface area (Å²) in [6.07, 6.45) is 0. The molecular formula is C26H27N3. The normalized spacial score (nSPS) is 33.0. The van der Waals surface area contributed by atoms with Crippen molar-refractivity contribution < 1.29 is 0 Å². The molecule has 3 aromatic carbocycles. The molecule has 0 radical (unpaired) electrons. The largest absolute Gasteiger partial charge is 0.317 e. The second-order valence-electron chi connectivity index (χ2n) is 9.26. The van der Waals surface area contributed by atoms with Crippen LogP contribution in [0.4, 0.5) is 0 Å². The second kappa shape index (κ2) is 5.17. The van der Waals surface area contributed by atoms with Gasteiger partial charge in [-0.3, -0.25) is 9.80 Å². The molecule has 0 spiro atoms. The maximum absolute atomic E-state index is 7.58. The van der Waals surface area contributed by atoms with Crippen molar-refractivity contribution >= 4 is 0 Å². The molecule has 0 saturated heterocycles. The van der Waals surface area contributed by atoms with Crippen LogP contribution in [0, 0.1) is 5.92 Å². The van der Waals surface area contributed by atoms with Gasteiger partial charge in [-0.25, -0.2) is 0 Å². The number of hydrogen-bond acceptors (Lipinski definition) is 3. The lowest BCUT2D eigenvalue weighted by Crippen LogP contribution is -2.57. The fourth-order valence-corrected chi connectivity index (χ4v) is 7.31. The number of nitrogens with zero attached hydrogens (tertiary/aromatic N) is 2. The van der Waals surface area contributed by atoms with Crippen LogP contribution in [0.2, 0.25) is 0 Å². The summed E-state index contributed by atoms with van der Waals surface area (Å²) in [5.74, 6) is 0.152. The van der Waals surface area contributed by atoms with E-state index in [1.165, 1.54) is 33.4 Å². The van der Waals surface area contributed by atoms with Gasteiger partial charge in [0, 0.05) is 5.92 Å². The van der Waals surface area contributed by atoms with Crippen molar-refractivity contribution in [1.82, 2.24) is 9.80 Å². The first-order valence-corrected chi connectivity index (χ1v) is 10.4. The molecule has 0 amide bonds. The standard InChI is InChI=1S/C26H27N3/c1-28(2)25-19-13-7-5-11-17(19)24(27)18-12-6-8-14-20(18)26(23(24)25,29(3)4)22-16-10-9-15-21(22)25/h5-16,23H,27H2,1-4H3/t23?,24?,25-,26+. The highest BCUT2D eigenvalue weighted by molar-refractivity contribution is 5.73. The molecule has 6 rings (SSSR count). The highest BCUT2D eigenvalue weighted by Crippen LogP contribution is 2.75. The van der Waals surface area contributed by atoms with E-state index in [0.717, 1.165) is 0 Å². The van der Waals surface area contributed by atoms with Crippen molar-refractivity contribution in [2.45, 2.75) is 16.6 Å². The summed E-state index contributed by atoms with van der Waals surface area (Å²) in [5, 5.41) is 0. The first-order valence-electron chi connectivity index (χ1n) is 10.4. The molecule has 0 bridgehead atoms. The highest BCUT2D eigenvalue weighted by Gasteiger charge is 2.77. The smallest absolute Gasteiger partial charge is 0.0795 e. The fraction of sp³-hybridized carbons (Fsp3) is 0.308. The molecule has 3 aliphatic carbocycles. The van der Waals surface area contributed by atoms with Crippen molar-refractivity contribution in [2.24, 2.45) is 11.7 Å². The summed E-state index contributed by atoms with van der Waals surface area (Å²) < 4.78 is 0. The Morgan fingerprint density at radius 1 is 0.552 bits per heavy atom. The van der Waals surface area contributed by atoms with E-state index in [1.54, 1.807) is 0 Å². The van der Waals surface area contributed by atoms with Crippen LogP contribution in [0.25, 0.3) is 0 Å². The van der Waals surface area contributed by atoms with Crippen LogP contribution < -0.4 is 5.73 Å². The number of benzene rings is 3. The minimum Gasteiger partial charge on any atom is -0.317 e. The third-order valence-corrected chi connectivity index (χ3v) is 8.02. The SMILES string of the molecule is CN(C)[C@@]12c3ccccc3C3(N)c4ccccc4[C@@](N(C)C)(c4ccccc41)C32. The molecule has 146 valence electrons. The van der Waals surface area contributed by atoms with Crippen LogP contribution in [-0.4, -0.2) is 38.0 Å². The summed E-state index contributed by atoms with van der Waals surface area (Å²) >= 11 is 0. The van der Waals surface area contributed by atoms with E-state index in [1.807, 2.05) is 0 Å². The van der Waals surface area contributed by atoms with Gasteiger partial charge >= 0.3 is 0 Å². The molecule has 2 unspecified atom stereocenters. The number of hydrogen-bond donors (Lipinski definition) is 1. The Kier molecular flexibility index (Phi) is 3.10. The van der Waals surface area contributed by atoms with Crippen molar-refractivity contribution in [1.29, 1.82) is 0 Å². The molecule has 2 N–H and O–H groups in total. The minimum atomic E-state index is -0.541. The quantitative estimate of drug-likeness (QED) is 0.738. The molecule has 3 aliphatic rings. The van der Waals surface area contributed by atoms with Crippen molar-refractivity contribution in [3.8, 4) is 0 Å². The van der Waals surface area contributed by atoms with E-state index in [-0.39, 0.29) is 17.0 Å². The van der Waals surface area contributed by atoms with Gasteiger partial charge in [0.1, 0.15) is 0 Å². The Balaban J connectivity index is 1.91. The van der Waals surface area contributed by atoms with Gasteiger partial charge in [0.15, 0.2) is 0 Å². The molecule has 0 heterocycles. The molecule has 0 saturated carbocycles. The van der Waals surface area contributed by atoms with Crippen molar-refractivity contribution in [3.05, 3.63) is 106 Å². The first kappa shape index (κ1) is 17.4. The molecule has 3 heteroatoms. The zero-order chi connectivity index (χ0) is 20.2. The van der Waals surface area contributed by atoms with Crippen LogP contribution in [-0.2, 0) is 16.6 Å². The molecule has 3 aromatic rings. The average Bonchev–Trinajstić information content (AvgIpc) is 3.25. The van der Waals surface area contributed by atoms with Crippen LogP contribution in [0.1, 0.15) is 33.4 Å². The average molecular weight is 382 g/mol. The van der Waals surface area contributed by atoms with Crippen molar-refractivity contribution in [2.75, 3.05) is 28.2 Å². The van der Waals surface area contributed by atoms with Gasteiger partial charge in [-0.2, -0.15) is 0 Å². The molecule has 4 atom stereocenters. The maximum atomic E-state index is 7.58. The van der Waals surface area contributed by atoms with Gasteiger partial charge < -0.3 is 5.73 Å².